The van der Waals surface area contributed by atoms with Crippen LogP contribution in [0.5, 0.6) is 0 Å². The average Bonchev–Trinajstić information content (AvgIpc) is 2.62. The summed E-state index contributed by atoms with van der Waals surface area (Å²) in [4.78, 5) is 24.3. The Kier molecular flexibility index (Phi) is 5.64. The van der Waals surface area contributed by atoms with Gasteiger partial charge in [-0.2, -0.15) is 0 Å². The zero-order valence-corrected chi connectivity index (χ0v) is 15.8. The van der Waals surface area contributed by atoms with Crippen LogP contribution < -0.4 is 16.0 Å². The number of amides is 1. The van der Waals surface area contributed by atoms with Gasteiger partial charge in [-0.3, -0.25) is 14.9 Å². The predicted octanol–water partition coefficient (Wildman–Crippen LogP) is 3.32. The van der Waals surface area contributed by atoms with Crippen LogP contribution in [0.4, 0.5) is 31.5 Å². The molecule has 0 spiro atoms. The monoisotopic (exact) mass is 406 g/mol. The summed E-state index contributed by atoms with van der Waals surface area (Å²) in [5.41, 5.74) is 4.51. The van der Waals surface area contributed by atoms with Crippen LogP contribution in [0.3, 0.4) is 0 Å². The number of hydrogen-bond acceptors (Lipinski definition) is 6. The van der Waals surface area contributed by atoms with Crippen molar-refractivity contribution in [2.75, 3.05) is 29.0 Å². The predicted molar refractivity (Wildman–Crippen MR) is 104 cm³/mol. The van der Waals surface area contributed by atoms with Gasteiger partial charge in [0.2, 0.25) is 0 Å². The molecule has 1 fully saturated rings. The molecule has 1 aliphatic rings. The number of anilines is 3. The van der Waals surface area contributed by atoms with Crippen molar-refractivity contribution in [1.29, 1.82) is 0 Å². The molecule has 1 aliphatic heterocycles. The Morgan fingerprint density at radius 1 is 1.24 bits per heavy atom. The molecular weight excluding hydrogens is 386 g/mol. The number of ether oxygens (including phenoxy) is 1. The van der Waals surface area contributed by atoms with Crippen molar-refractivity contribution < 1.29 is 23.2 Å². The number of nitrogens with two attached hydrogens (primary N) is 1. The highest BCUT2D eigenvalue weighted by atomic mass is 19.1. The lowest BCUT2D eigenvalue weighted by Gasteiger charge is -2.37. The number of nitro groups is 1. The van der Waals surface area contributed by atoms with Gasteiger partial charge in [-0.25, -0.2) is 8.78 Å². The second-order valence-corrected chi connectivity index (χ2v) is 6.93. The molecule has 0 bridgehead atoms. The molecule has 29 heavy (non-hydrogen) atoms. The molecule has 2 aromatic carbocycles. The standard InChI is InChI=1S/C19H20F2N4O4/c1-10-8-24(9-11(2)29-10)16-4-3-13(7-15(16)21)23-19(26)14-5-12(20)6-17(18(14)22)25(27)28/h3-7,10-11H,8-9,22H2,1-2H3,(H,23,26). The topological polar surface area (TPSA) is 111 Å². The molecular formula is C19H20F2N4O4. The first-order chi connectivity index (χ1) is 13.7. The Labute approximate surface area is 165 Å². The van der Waals surface area contributed by atoms with E-state index in [9.17, 15) is 23.7 Å². The Bertz CT molecular complexity index is 959. The minimum Gasteiger partial charge on any atom is -0.393 e. The van der Waals surface area contributed by atoms with Crippen molar-refractivity contribution in [2.45, 2.75) is 26.1 Å². The van der Waals surface area contributed by atoms with Crippen molar-refractivity contribution in [3.8, 4) is 0 Å². The molecule has 3 N–H and O–H groups in total. The fourth-order valence-electron chi connectivity index (χ4n) is 3.36. The third kappa shape index (κ3) is 4.43. The van der Waals surface area contributed by atoms with Gasteiger partial charge in [-0.05, 0) is 38.1 Å². The van der Waals surface area contributed by atoms with E-state index in [1.54, 1.807) is 0 Å². The van der Waals surface area contributed by atoms with Gasteiger partial charge in [0.1, 0.15) is 17.3 Å². The largest absolute Gasteiger partial charge is 0.393 e. The van der Waals surface area contributed by atoms with Gasteiger partial charge in [0.05, 0.1) is 34.4 Å². The van der Waals surface area contributed by atoms with Gasteiger partial charge in [0.25, 0.3) is 11.6 Å². The van der Waals surface area contributed by atoms with E-state index in [0.29, 0.717) is 24.8 Å². The summed E-state index contributed by atoms with van der Waals surface area (Å²) in [6, 6.07) is 5.56. The Morgan fingerprint density at radius 2 is 1.90 bits per heavy atom. The smallest absolute Gasteiger partial charge is 0.295 e. The summed E-state index contributed by atoms with van der Waals surface area (Å²) in [7, 11) is 0. The molecule has 3 rings (SSSR count). The highest BCUT2D eigenvalue weighted by molar-refractivity contribution is 6.09. The third-order valence-corrected chi connectivity index (χ3v) is 4.53. The Morgan fingerprint density at radius 3 is 2.48 bits per heavy atom. The minimum atomic E-state index is -0.979. The molecule has 0 saturated carbocycles. The maximum Gasteiger partial charge on any atom is 0.295 e. The Hall–Kier alpha value is -3.27. The number of carbonyl (C=O) groups excluding carboxylic acids is 1. The molecule has 0 radical (unpaired) electrons. The van der Waals surface area contributed by atoms with Crippen LogP contribution in [0.1, 0.15) is 24.2 Å². The van der Waals surface area contributed by atoms with Crippen molar-refractivity contribution in [1.82, 2.24) is 0 Å². The van der Waals surface area contributed by atoms with Gasteiger partial charge in [-0.1, -0.05) is 0 Å². The zero-order valence-electron chi connectivity index (χ0n) is 15.8. The second-order valence-electron chi connectivity index (χ2n) is 6.93. The van der Waals surface area contributed by atoms with E-state index >= 15 is 0 Å². The van der Waals surface area contributed by atoms with E-state index in [1.165, 1.54) is 12.1 Å². The first-order valence-corrected chi connectivity index (χ1v) is 8.90. The number of nitrogens with zero attached hydrogens (tertiary/aromatic N) is 2. The normalized spacial score (nSPS) is 19.1. The summed E-state index contributed by atoms with van der Waals surface area (Å²) in [6.45, 7) is 4.85. The van der Waals surface area contributed by atoms with E-state index in [0.717, 1.165) is 12.1 Å². The highest BCUT2D eigenvalue weighted by Crippen LogP contribution is 2.29. The molecule has 0 aromatic heterocycles. The molecule has 154 valence electrons. The van der Waals surface area contributed by atoms with Crippen LogP contribution in [0.2, 0.25) is 0 Å². The zero-order chi connectivity index (χ0) is 21.3. The molecule has 1 amide bonds. The number of nitrogens with one attached hydrogen (secondary N) is 1. The molecule has 2 atom stereocenters. The SMILES string of the molecule is CC1CN(c2ccc(NC(=O)c3cc(F)cc([N+](=O)[O-])c3N)cc2F)CC(C)O1. The maximum atomic E-state index is 14.6. The van der Waals surface area contributed by atoms with Crippen LogP contribution >= 0.6 is 0 Å². The first kappa shape index (κ1) is 20.5. The Balaban J connectivity index is 1.82. The van der Waals surface area contributed by atoms with Crippen LogP contribution in [0.15, 0.2) is 30.3 Å². The first-order valence-electron chi connectivity index (χ1n) is 8.90. The van der Waals surface area contributed by atoms with Crippen molar-refractivity contribution >= 4 is 28.7 Å². The van der Waals surface area contributed by atoms with Crippen LogP contribution in [-0.4, -0.2) is 36.1 Å². The maximum absolute atomic E-state index is 14.6. The third-order valence-electron chi connectivity index (χ3n) is 4.53. The van der Waals surface area contributed by atoms with Gasteiger partial charge in [0, 0.05) is 18.8 Å². The number of benzene rings is 2. The van der Waals surface area contributed by atoms with Crippen LogP contribution in [0, 0.1) is 21.7 Å². The number of hydrogen-bond donors (Lipinski definition) is 2. The lowest BCUT2D eigenvalue weighted by atomic mass is 10.1. The fraction of sp³-hybridized carbons (Fsp3) is 0.316. The number of halogens is 2. The van der Waals surface area contributed by atoms with Crippen molar-refractivity contribution in [3.63, 3.8) is 0 Å². The van der Waals surface area contributed by atoms with E-state index in [4.69, 9.17) is 10.5 Å². The summed E-state index contributed by atoms with van der Waals surface area (Å²) >= 11 is 0. The second kappa shape index (κ2) is 8.00. The molecule has 8 nitrogen and oxygen atoms in total. The number of nitrogen functional groups attached to an aromatic ring is 1. The van der Waals surface area contributed by atoms with E-state index in [-0.39, 0.29) is 17.9 Å². The lowest BCUT2D eigenvalue weighted by Crippen LogP contribution is -2.45. The van der Waals surface area contributed by atoms with Gasteiger partial charge in [-0.15, -0.1) is 0 Å². The summed E-state index contributed by atoms with van der Waals surface area (Å²) in [5, 5.41) is 13.3. The van der Waals surface area contributed by atoms with Crippen molar-refractivity contribution in [3.05, 3.63) is 57.6 Å². The fourth-order valence-corrected chi connectivity index (χ4v) is 3.36. The molecule has 2 unspecified atom stereocenters. The summed E-state index contributed by atoms with van der Waals surface area (Å²) in [5.74, 6) is -2.42. The van der Waals surface area contributed by atoms with Crippen molar-refractivity contribution in [2.24, 2.45) is 0 Å². The molecule has 1 heterocycles. The lowest BCUT2D eigenvalue weighted by molar-refractivity contribution is -0.384. The summed E-state index contributed by atoms with van der Waals surface area (Å²) < 4.78 is 33.9. The molecule has 2 aromatic rings. The highest BCUT2D eigenvalue weighted by Gasteiger charge is 2.25. The molecule has 1 saturated heterocycles. The van der Waals surface area contributed by atoms with Gasteiger partial charge < -0.3 is 20.7 Å². The molecule has 10 heteroatoms. The van der Waals surface area contributed by atoms with Gasteiger partial charge >= 0.3 is 0 Å². The minimum absolute atomic E-state index is 0.0516. The quantitative estimate of drug-likeness (QED) is 0.458. The van der Waals surface area contributed by atoms with E-state index < -0.39 is 39.4 Å². The van der Waals surface area contributed by atoms with E-state index in [1.807, 2.05) is 18.7 Å². The number of rotatable bonds is 4. The van der Waals surface area contributed by atoms with Gasteiger partial charge in [0.15, 0.2) is 0 Å². The van der Waals surface area contributed by atoms with Crippen LogP contribution in [-0.2, 0) is 4.74 Å². The number of morpholine rings is 1. The van der Waals surface area contributed by atoms with E-state index in [2.05, 4.69) is 5.32 Å². The number of carbonyl (C=O) groups is 1. The molecule has 0 aliphatic carbocycles. The summed E-state index contributed by atoms with van der Waals surface area (Å²) in [6.07, 6.45) is -0.103. The number of nitro benzene ring substituents is 1. The van der Waals surface area contributed by atoms with Crippen LogP contribution in [0.25, 0.3) is 0 Å². The average molecular weight is 406 g/mol.